The minimum absolute atomic E-state index is 0.0725. The number of rotatable bonds is 0. The SMILES string of the molecule is C[C@@H]1CC[C@@]2(OC1)O[C@H]1C[C@H]3[C@@H]4CC[C@H]5C[C@@H](O)CC[C@]5(C)[C@H]4C(=O)C(O)[C@]3(C)[C@H]1[C@@H]2C. The first-order valence-electron chi connectivity index (χ1n) is 13.3. The van der Waals surface area contributed by atoms with Crippen LogP contribution < -0.4 is 0 Å². The number of carbonyl (C=O) groups is 1. The first-order valence-corrected chi connectivity index (χ1v) is 13.3. The fraction of sp³-hybridized carbons (Fsp3) is 0.963. The Morgan fingerprint density at radius 1 is 1.00 bits per heavy atom. The predicted molar refractivity (Wildman–Crippen MR) is 120 cm³/mol. The summed E-state index contributed by atoms with van der Waals surface area (Å²) in [5.74, 6) is 1.45. The molecule has 6 aliphatic rings. The molecule has 1 spiro atoms. The Balaban J connectivity index is 1.34. The van der Waals surface area contributed by atoms with E-state index >= 15 is 0 Å². The Hall–Kier alpha value is -0.490. The van der Waals surface area contributed by atoms with Crippen molar-refractivity contribution < 1.29 is 24.5 Å². The monoisotopic (exact) mass is 446 g/mol. The fourth-order valence-corrected chi connectivity index (χ4v) is 10.0. The molecule has 5 heteroatoms. The van der Waals surface area contributed by atoms with E-state index in [1.165, 1.54) is 0 Å². The summed E-state index contributed by atoms with van der Waals surface area (Å²) < 4.78 is 13.1. The van der Waals surface area contributed by atoms with E-state index in [1.807, 2.05) is 0 Å². The lowest BCUT2D eigenvalue weighted by atomic mass is 9.43. The van der Waals surface area contributed by atoms with Gasteiger partial charge in [-0.15, -0.1) is 0 Å². The third-order valence-electron chi connectivity index (χ3n) is 11.8. The zero-order valence-electron chi connectivity index (χ0n) is 20.3. The number of fused-ring (bicyclic) bond motifs is 7. The molecule has 2 saturated heterocycles. The summed E-state index contributed by atoms with van der Waals surface area (Å²) in [5.41, 5.74) is -0.523. The van der Waals surface area contributed by atoms with Crippen molar-refractivity contribution in [3.05, 3.63) is 0 Å². The van der Waals surface area contributed by atoms with Crippen LogP contribution in [0.15, 0.2) is 0 Å². The molecule has 6 fully saturated rings. The highest BCUT2D eigenvalue weighted by Crippen LogP contribution is 2.70. The Morgan fingerprint density at radius 2 is 1.78 bits per heavy atom. The van der Waals surface area contributed by atoms with Gasteiger partial charge in [-0.2, -0.15) is 0 Å². The molecular weight excluding hydrogens is 404 g/mol. The van der Waals surface area contributed by atoms with Crippen molar-refractivity contribution in [1.29, 1.82) is 0 Å². The van der Waals surface area contributed by atoms with E-state index in [0.29, 0.717) is 23.7 Å². The maximum Gasteiger partial charge on any atom is 0.171 e. The highest BCUT2D eigenvalue weighted by molar-refractivity contribution is 5.88. The Labute approximate surface area is 192 Å². The van der Waals surface area contributed by atoms with Gasteiger partial charge in [-0.3, -0.25) is 4.79 Å². The molecular formula is C27H42O5. The number of hydrogen-bond acceptors (Lipinski definition) is 5. The molecule has 0 radical (unpaired) electrons. The molecule has 4 saturated carbocycles. The standard InChI is InChI=1S/C27H42O5/c1-14-7-10-27(31-13-14)15(2)21-20(32-27)12-19-18-6-5-16-11-17(28)8-9-25(16,3)22(18)23(29)24(30)26(19,21)4/h14-22,24,28,30H,5-13H2,1-4H3/t14-,15+,16+,17+,18+,19+,20+,21+,22-,24?,25+,26+,27-/m1/s1. The molecule has 13 atom stereocenters. The van der Waals surface area contributed by atoms with Crippen LogP contribution >= 0.6 is 0 Å². The maximum atomic E-state index is 14.0. The van der Waals surface area contributed by atoms with Gasteiger partial charge in [0, 0.05) is 29.6 Å². The molecule has 0 aromatic rings. The summed E-state index contributed by atoms with van der Waals surface area (Å²) in [4.78, 5) is 14.0. The van der Waals surface area contributed by atoms with E-state index < -0.39 is 17.3 Å². The van der Waals surface area contributed by atoms with Gasteiger partial charge in [0.2, 0.25) is 0 Å². The molecule has 32 heavy (non-hydrogen) atoms. The van der Waals surface area contributed by atoms with Gasteiger partial charge in [0.25, 0.3) is 0 Å². The molecule has 4 aliphatic carbocycles. The van der Waals surface area contributed by atoms with Crippen LogP contribution in [0.25, 0.3) is 0 Å². The average molecular weight is 447 g/mol. The Bertz CT molecular complexity index is 789. The van der Waals surface area contributed by atoms with Crippen molar-refractivity contribution in [2.45, 2.75) is 103 Å². The van der Waals surface area contributed by atoms with Gasteiger partial charge in [0.15, 0.2) is 11.6 Å². The van der Waals surface area contributed by atoms with Crippen LogP contribution in [-0.4, -0.2) is 46.7 Å². The molecule has 5 nitrogen and oxygen atoms in total. The number of ether oxygens (including phenoxy) is 2. The molecule has 2 heterocycles. The molecule has 0 aromatic carbocycles. The average Bonchev–Trinajstić information content (AvgIpc) is 3.20. The number of ketones is 1. The number of aliphatic hydroxyl groups excluding tert-OH is 2. The topological polar surface area (TPSA) is 76.0 Å². The van der Waals surface area contributed by atoms with Gasteiger partial charge in [-0.1, -0.05) is 27.7 Å². The van der Waals surface area contributed by atoms with E-state index in [4.69, 9.17) is 9.47 Å². The van der Waals surface area contributed by atoms with E-state index in [-0.39, 0.29) is 41.2 Å². The summed E-state index contributed by atoms with van der Waals surface area (Å²) in [6.45, 7) is 9.70. The first-order chi connectivity index (χ1) is 15.1. The van der Waals surface area contributed by atoms with E-state index in [0.717, 1.165) is 58.0 Å². The van der Waals surface area contributed by atoms with Crippen molar-refractivity contribution in [3.8, 4) is 0 Å². The van der Waals surface area contributed by atoms with Crippen molar-refractivity contribution in [2.75, 3.05) is 6.61 Å². The Morgan fingerprint density at radius 3 is 2.50 bits per heavy atom. The van der Waals surface area contributed by atoms with E-state index in [1.54, 1.807) is 0 Å². The van der Waals surface area contributed by atoms with Crippen molar-refractivity contribution in [3.63, 3.8) is 0 Å². The Kier molecular flexibility index (Phi) is 4.83. The zero-order valence-corrected chi connectivity index (χ0v) is 20.3. The molecule has 1 unspecified atom stereocenters. The minimum atomic E-state index is -0.921. The first kappa shape index (κ1) is 22.0. The van der Waals surface area contributed by atoms with Crippen molar-refractivity contribution in [1.82, 2.24) is 0 Å². The van der Waals surface area contributed by atoms with Crippen LogP contribution in [0, 0.1) is 52.3 Å². The second-order valence-corrected chi connectivity index (χ2v) is 13.1. The highest BCUT2D eigenvalue weighted by atomic mass is 16.7. The van der Waals surface area contributed by atoms with Crippen LogP contribution in [0.5, 0.6) is 0 Å². The lowest BCUT2D eigenvalue weighted by Crippen LogP contribution is -2.64. The molecule has 0 bridgehead atoms. The van der Waals surface area contributed by atoms with Crippen LogP contribution in [0.1, 0.15) is 79.1 Å². The van der Waals surface area contributed by atoms with Crippen LogP contribution in [-0.2, 0) is 14.3 Å². The number of aliphatic hydroxyl groups is 2. The molecule has 6 rings (SSSR count). The quantitative estimate of drug-likeness (QED) is 0.589. The number of hydrogen-bond donors (Lipinski definition) is 2. The third-order valence-corrected chi connectivity index (χ3v) is 11.8. The summed E-state index contributed by atoms with van der Waals surface area (Å²) in [7, 11) is 0. The number of carbonyl (C=O) groups excluding carboxylic acids is 1. The molecule has 180 valence electrons. The zero-order chi connectivity index (χ0) is 22.6. The molecule has 0 amide bonds. The minimum Gasteiger partial charge on any atom is -0.393 e. The largest absolute Gasteiger partial charge is 0.393 e. The van der Waals surface area contributed by atoms with Gasteiger partial charge in [0.05, 0.1) is 18.8 Å². The number of Topliss-reactive ketones (excluding diaryl/α,β-unsaturated/α-hetero) is 1. The van der Waals surface area contributed by atoms with Crippen LogP contribution in [0.2, 0.25) is 0 Å². The lowest BCUT2D eigenvalue weighted by molar-refractivity contribution is -0.273. The van der Waals surface area contributed by atoms with Gasteiger partial charge in [-0.05, 0) is 74.0 Å². The smallest absolute Gasteiger partial charge is 0.171 e. The van der Waals surface area contributed by atoms with Gasteiger partial charge >= 0.3 is 0 Å². The molecule has 2 aliphatic heterocycles. The van der Waals surface area contributed by atoms with E-state index in [9.17, 15) is 15.0 Å². The summed E-state index contributed by atoms with van der Waals surface area (Å²) in [6.07, 6.45) is 6.54. The predicted octanol–water partition coefficient (Wildman–Crippen LogP) is 3.94. The van der Waals surface area contributed by atoms with Crippen molar-refractivity contribution in [2.24, 2.45) is 52.3 Å². The second-order valence-electron chi connectivity index (χ2n) is 13.1. The maximum absolute atomic E-state index is 14.0. The summed E-state index contributed by atoms with van der Waals surface area (Å²) in [5, 5.41) is 22.0. The molecule has 2 N–H and O–H groups in total. The summed E-state index contributed by atoms with van der Waals surface area (Å²) in [6, 6.07) is 0. The molecule has 0 aromatic heterocycles. The van der Waals surface area contributed by atoms with Gasteiger partial charge in [-0.25, -0.2) is 0 Å². The van der Waals surface area contributed by atoms with Crippen LogP contribution in [0.4, 0.5) is 0 Å². The normalized spacial score (nSPS) is 61.8. The second kappa shape index (κ2) is 7.02. The van der Waals surface area contributed by atoms with Crippen LogP contribution in [0.3, 0.4) is 0 Å². The van der Waals surface area contributed by atoms with E-state index in [2.05, 4.69) is 27.7 Å². The van der Waals surface area contributed by atoms with Crippen molar-refractivity contribution >= 4 is 5.78 Å². The third kappa shape index (κ3) is 2.63. The highest BCUT2D eigenvalue weighted by Gasteiger charge is 2.73. The lowest BCUT2D eigenvalue weighted by Gasteiger charge is -2.61. The fourth-order valence-electron chi connectivity index (χ4n) is 10.0. The van der Waals surface area contributed by atoms with Gasteiger partial charge < -0.3 is 19.7 Å². The summed E-state index contributed by atoms with van der Waals surface area (Å²) >= 11 is 0. The van der Waals surface area contributed by atoms with Gasteiger partial charge in [0.1, 0.15) is 6.10 Å².